The maximum absolute atomic E-state index is 13.3. The van der Waals surface area contributed by atoms with E-state index in [0.29, 0.717) is 23.6 Å². The van der Waals surface area contributed by atoms with Crippen molar-refractivity contribution in [1.82, 2.24) is 19.4 Å². The van der Waals surface area contributed by atoms with Crippen molar-refractivity contribution in [2.75, 3.05) is 27.3 Å². The number of hydrogen-bond acceptors (Lipinski definition) is 5. The second kappa shape index (κ2) is 8.57. The highest BCUT2D eigenvalue weighted by Gasteiger charge is 2.29. The van der Waals surface area contributed by atoms with E-state index in [1.54, 1.807) is 44.8 Å². The molecule has 156 valence electrons. The first kappa shape index (κ1) is 19.9. The fourth-order valence-electron chi connectivity index (χ4n) is 4.12. The molecule has 30 heavy (non-hydrogen) atoms. The minimum absolute atomic E-state index is 0.0255. The zero-order chi connectivity index (χ0) is 21.1. The lowest BCUT2D eigenvalue weighted by Crippen LogP contribution is -2.41. The first-order chi connectivity index (χ1) is 14.6. The van der Waals surface area contributed by atoms with Gasteiger partial charge in [0.15, 0.2) is 0 Å². The molecular formula is C23H26N4O3. The molecule has 3 heterocycles. The largest absolute Gasteiger partial charge is 0.497 e. The third kappa shape index (κ3) is 3.75. The van der Waals surface area contributed by atoms with Crippen molar-refractivity contribution in [1.29, 1.82) is 0 Å². The van der Waals surface area contributed by atoms with Crippen molar-refractivity contribution in [3.05, 3.63) is 60.2 Å². The van der Waals surface area contributed by atoms with E-state index in [1.165, 1.54) is 0 Å². The molecule has 1 fully saturated rings. The van der Waals surface area contributed by atoms with Crippen molar-refractivity contribution in [3.8, 4) is 22.9 Å². The zero-order valence-electron chi connectivity index (χ0n) is 17.5. The van der Waals surface area contributed by atoms with E-state index < -0.39 is 0 Å². The maximum Gasteiger partial charge on any atom is 0.257 e. The Morgan fingerprint density at radius 3 is 2.67 bits per heavy atom. The van der Waals surface area contributed by atoms with Gasteiger partial charge in [-0.3, -0.25) is 9.78 Å². The van der Waals surface area contributed by atoms with E-state index in [2.05, 4.69) is 21.5 Å². The Labute approximate surface area is 176 Å². The lowest BCUT2D eigenvalue weighted by molar-refractivity contribution is 0.0675. The van der Waals surface area contributed by atoms with Gasteiger partial charge in [-0.2, -0.15) is 0 Å². The van der Waals surface area contributed by atoms with Crippen LogP contribution in [0.25, 0.3) is 11.4 Å². The van der Waals surface area contributed by atoms with E-state index in [9.17, 15) is 4.79 Å². The van der Waals surface area contributed by atoms with Crippen LogP contribution >= 0.6 is 0 Å². The fourth-order valence-corrected chi connectivity index (χ4v) is 4.12. The lowest BCUT2D eigenvalue weighted by Gasteiger charge is -2.35. The molecule has 7 nitrogen and oxygen atoms in total. The van der Waals surface area contributed by atoms with Crippen LogP contribution in [0.2, 0.25) is 0 Å². The van der Waals surface area contributed by atoms with Crippen molar-refractivity contribution >= 4 is 5.91 Å². The van der Waals surface area contributed by atoms with Crippen LogP contribution < -0.4 is 9.47 Å². The number of benzene rings is 1. The summed E-state index contributed by atoms with van der Waals surface area (Å²) in [5.74, 6) is 2.08. The molecule has 1 saturated heterocycles. The quantitative estimate of drug-likeness (QED) is 0.645. The van der Waals surface area contributed by atoms with E-state index in [1.807, 2.05) is 23.2 Å². The highest BCUT2D eigenvalue weighted by molar-refractivity contribution is 5.97. The summed E-state index contributed by atoms with van der Waals surface area (Å²) in [7, 11) is 3.17. The molecule has 0 spiro atoms. The van der Waals surface area contributed by atoms with Gasteiger partial charge in [-0.1, -0.05) is 0 Å². The lowest BCUT2D eigenvalue weighted by atomic mass is 10.0. The maximum atomic E-state index is 13.3. The van der Waals surface area contributed by atoms with Crippen LogP contribution in [-0.2, 0) is 0 Å². The summed E-state index contributed by atoms with van der Waals surface area (Å²) in [6.07, 6.45) is 7.37. The molecule has 1 aliphatic heterocycles. The minimum atomic E-state index is -0.0255. The molecule has 0 saturated carbocycles. The monoisotopic (exact) mass is 406 g/mol. The summed E-state index contributed by atoms with van der Waals surface area (Å²) in [4.78, 5) is 24.0. The van der Waals surface area contributed by atoms with Gasteiger partial charge in [-0.25, -0.2) is 4.98 Å². The number of pyridine rings is 1. The first-order valence-corrected chi connectivity index (χ1v) is 10.1. The number of carbonyl (C=O) groups is 1. The summed E-state index contributed by atoms with van der Waals surface area (Å²) in [5, 5.41) is 0. The Hall–Kier alpha value is -3.35. The number of nitrogens with zero attached hydrogens (tertiary/aromatic N) is 4. The van der Waals surface area contributed by atoms with Gasteiger partial charge in [0.1, 0.15) is 17.3 Å². The molecule has 0 N–H and O–H groups in total. The molecule has 0 radical (unpaired) electrons. The van der Waals surface area contributed by atoms with Crippen molar-refractivity contribution in [2.45, 2.75) is 25.8 Å². The Morgan fingerprint density at radius 2 is 1.93 bits per heavy atom. The van der Waals surface area contributed by atoms with Crippen LogP contribution in [0.5, 0.6) is 11.5 Å². The molecule has 0 bridgehead atoms. The Bertz CT molecular complexity index is 1030. The molecule has 2 aromatic heterocycles. The zero-order valence-corrected chi connectivity index (χ0v) is 17.5. The Morgan fingerprint density at radius 1 is 1.13 bits per heavy atom. The van der Waals surface area contributed by atoms with Crippen LogP contribution in [0.1, 0.15) is 34.9 Å². The van der Waals surface area contributed by atoms with Crippen LogP contribution in [0, 0.1) is 6.92 Å². The number of ether oxygens (including phenoxy) is 2. The highest BCUT2D eigenvalue weighted by atomic mass is 16.5. The summed E-state index contributed by atoms with van der Waals surface area (Å²) in [6, 6.07) is 9.40. The number of hydrogen-bond donors (Lipinski definition) is 0. The SMILES string of the molecule is COc1ccc(C(=O)N2CCCC(n3c(C)cnc3-c3ccncc3)C2)c(OC)c1. The summed E-state index contributed by atoms with van der Waals surface area (Å²) < 4.78 is 12.9. The summed E-state index contributed by atoms with van der Waals surface area (Å²) >= 11 is 0. The number of aryl methyl sites for hydroxylation is 1. The van der Waals surface area contributed by atoms with Gasteiger partial charge in [0.05, 0.1) is 25.8 Å². The molecule has 1 amide bonds. The van der Waals surface area contributed by atoms with Crippen LogP contribution in [-0.4, -0.2) is 52.7 Å². The third-order valence-corrected chi connectivity index (χ3v) is 5.61. The molecule has 3 aromatic rings. The molecule has 1 aliphatic rings. The van der Waals surface area contributed by atoms with Gasteiger partial charge >= 0.3 is 0 Å². The van der Waals surface area contributed by atoms with Gasteiger partial charge < -0.3 is 18.9 Å². The molecule has 1 atom stereocenters. The Balaban J connectivity index is 1.61. The van der Waals surface area contributed by atoms with Crippen LogP contribution in [0.15, 0.2) is 48.9 Å². The first-order valence-electron chi connectivity index (χ1n) is 10.1. The number of carbonyl (C=O) groups excluding carboxylic acids is 1. The molecule has 4 rings (SSSR count). The summed E-state index contributed by atoms with van der Waals surface area (Å²) in [5.41, 5.74) is 2.66. The third-order valence-electron chi connectivity index (χ3n) is 5.61. The van der Waals surface area contributed by atoms with Gasteiger partial charge in [-0.05, 0) is 44.0 Å². The number of amides is 1. The number of likely N-dealkylation sites (tertiary alicyclic amines) is 1. The number of piperidine rings is 1. The molecule has 7 heteroatoms. The molecule has 1 aromatic carbocycles. The van der Waals surface area contributed by atoms with Crippen molar-refractivity contribution in [3.63, 3.8) is 0 Å². The Kier molecular flexibility index (Phi) is 5.70. The van der Waals surface area contributed by atoms with Crippen molar-refractivity contribution < 1.29 is 14.3 Å². The van der Waals surface area contributed by atoms with Gasteiger partial charge in [0.25, 0.3) is 5.91 Å². The number of rotatable bonds is 5. The second-order valence-corrected chi connectivity index (χ2v) is 7.44. The number of aromatic nitrogens is 3. The summed E-state index contributed by atoms with van der Waals surface area (Å²) in [6.45, 7) is 3.41. The van der Waals surface area contributed by atoms with Crippen LogP contribution in [0.3, 0.4) is 0 Å². The second-order valence-electron chi connectivity index (χ2n) is 7.44. The minimum Gasteiger partial charge on any atom is -0.497 e. The van der Waals surface area contributed by atoms with E-state index in [4.69, 9.17) is 9.47 Å². The van der Waals surface area contributed by atoms with Crippen LogP contribution in [0.4, 0.5) is 0 Å². The van der Waals surface area contributed by atoms with E-state index in [0.717, 1.165) is 36.5 Å². The number of imidazole rings is 1. The van der Waals surface area contributed by atoms with Gasteiger partial charge in [0, 0.05) is 49.0 Å². The number of methoxy groups -OCH3 is 2. The topological polar surface area (TPSA) is 69.5 Å². The highest BCUT2D eigenvalue weighted by Crippen LogP contribution is 2.31. The predicted molar refractivity (Wildman–Crippen MR) is 114 cm³/mol. The van der Waals surface area contributed by atoms with E-state index >= 15 is 0 Å². The molecule has 1 unspecified atom stereocenters. The molecule has 0 aliphatic carbocycles. The van der Waals surface area contributed by atoms with Crippen molar-refractivity contribution in [2.24, 2.45) is 0 Å². The average Bonchev–Trinajstić information content (AvgIpc) is 3.20. The predicted octanol–water partition coefficient (Wildman–Crippen LogP) is 3.75. The van der Waals surface area contributed by atoms with E-state index in [-0.39, 0.29) is 11.9 Å². The van der Waals surface area contributed by atoms with Gasteiger partial charge in [0.2, 0.25) is 0 Å². The van der Waals surface area contributed by atoms with Gasteiger partial charge in [-0.15, -0.1) is 0 Å². The standard InChI is InChI=1S/C23H26N4O3/c1-16-14-25-22(17-8-10-24-11-9-17)27(16)18-5-4-12-26(15-18)23(28)20-7-6-19(29-2)13-21(20)30-3/h6-11,13-14,18H,4-5,12,15H2,1-3H3. The smallest absolute Gasteiger partial charge is 0.257 e. The molecular weight excluding hydrogens is 380 g/mol. The normalized spacial score (nSPS) is 16.4. The average molecular weight is 406 g/mol. The fraction of sp³-hybridized carbons (Fsp3) is 0.348.